The van der Waals surface area contributed by atoms with Crippen molar-refractivity contribution in [2.45, 2.75) is 0 Å². The number of aromatic carboxylic acids is 1. The van der Waals surface area contributed by atoms with Gasteiger partial charge in [-0.25, -0.2) is 4.79 Å². The highest BCUT2D eigenvalue weighted by Crippen LogP contribution is 2.28. The van der Waals surface area contributed by atoms with Crippen LogP contribution in [0.2, 0.25) is 10.0 Å². The molecule has 3 rings (SSSR count). The van der Waals surface area contributed by atoms with Gasteiger partial charge in [0.15, 0.2) is 0 Å². The minimum atomic E-state index is -1.18. The highest BCUT2D eigenvalue weighted by atomic mass is 35.5. The van der Waals surface area contributed by atoms with Gasteiger partial charge in [0.1, 0.15) is 11.4 Å². The predicted octanol–water partition coefficient (Wildman–Crippen LogP) is 5.11. The number of rotatable bonds is 7. The van der Waals surface area contributed by atoms with E-state index in [1.54, 1.807) is 48.5 Å². The topological polar surface area (TPSA) is 105 Å². The molecule has 0 spiro atoms. The molecule has 0 aliphatic heterocycles. The molecule has 0 heterocycles. The van der Waals surface area contributed by atoms with Crippen LogP contribution in [0.4, 0.5) is 5.69 Å². The van der Waals surface area contributed by atoms with Gasteiger partial charge in [0.25, 0.3) is 11.8 Å². The second kappa shape index (κ2) is 10.7. The Morgan fingerprint density at radius 1 is 0.909 bits per heavy atom. The summed E-state index contributed by atoms with van der Waals surface area (Å²) in [6.45, 7) is 0. The van der Waals surface area contributed by atoms with Crippen molar-refractivity contribution in [2.75, 3.05) is 12.4 Å². The lowest BCUT2D eigenvalue weighted by molar-refractivity contribution is -0.113. The molecule has 3 aromatic carbocycles. The Morgan fingerprint density at radius 3 is 2.18 bits per heavy atom. The molecule has 0 bridgehead atoms. The normalized spacial score (nSPS) is 10.9. The minimum absolute atomic E-state index is 0.0564. The van der Waals surface area contributed by atoms with E-state index < -0.39 is 17.8 Å². The fraction of sp³-hybridized carbons (Fsp3) is 0.0417. The number of benzene rings is 3. The summed E-state index contributed by atoms with van der Waals surface area (Å²) in [7, 11) is 1.38. The third kappa shape index (κ3) is 5.91. The van der Waals surface area contributed by atoms with Crippen LogP contribution in [0.3, 0.4) is 0 Å². The molecule has 0 aliphatic rings. The average Bonchev–Trinajstić information content (AvgIpc) is 2.81. The van der Waals surface area contributed by atoms with Gasteiger partial charge in [-0.2, -0.15) is 0 Å². The largest absolute Gasteiger partial charge is 0.495 e. The lowest BCUT2D eigenvalue weighted by Gasteiger charge is -2.14. The highest BCUT2D eigenvalue weighted by molar-refractivity contribution is 6.37. The van der Waals surface area contributed by atoms with Crippen molar-refractivity contribution in [3.63, 3.8) is 0 Å². The number of carboxylic acids is 1. The van der Waals surface area contributed by atoms with Crippen LogP contribution in [0.15, 0.2) is 72.4 Å². The van der Waals surface area contributed by atoms with E-state index in [2.05, 4.69) is 10.6 Å². The van der Waals surface area contributed by atoms with Gasteiger partial charge in [-0.3, -0.25) is 9.59 Å². The first kappa shape index (κ1) is 23.8. The number of amides is 2. The Kier molecular flexibility index (Phi) is 7.71. The molecule has 0 aliphatic carbocycles. The van der Waals surface area contributed by atoms with Crippen molar-refractivity contribution in [1.82, 2.24) is 5.32 Å². The molecule has 2 amide bonds. The van der Waals surface area contributed by atoms with Gasteiger partial charge in [0, 0.05) is 21.2 Å². The first-order chi connectivity index (χ1) is 15.8. The van der Waals surface area contributed by atoms with Crippen molar-refractivity contribution in [3.05, 3.63) is 99.2 Å². The third-order valence-corrected chi connectivity index (χ3v) is 5.17. The van der Waals surface area contributed by atoms with E-state index in [1.165, 1.54) is 31.4 Å². The van der Waals surface area contributed by atoms with Crippen LogP contribution in [0.5, 0.6) is 5.75 Å². The Balaban J connectivity index is 2.01. The summed E-state index contributed by atoms with van der Waals surface area (Å²) < 4.78 is 5.21. The minimum Gasteiger partial charge on any atom is -0.495 e. The van der Waals surface area contributed by atoms with Crippen LogP contribution in [0.1, 0.15) is 26.3 Å². The molecule has 168 valence electrons. The number of methoxy groups -OCH3 is 1. The fourth-order valence-corrected chi connectivity index (χ4v) is 3.37. The maximum Gasteiger partial charge on any atom is 0.335 e. The first-order valence-electron chi connectivity index (χ1n) is 9.55. The fourth-order valence-electron chi connectivity index (χ4n) is 2.86. The lowest BCUT2D eigenvalue weighted by Crippen LogP contribution is -2.31. The maximum absolute atomic E-state index is 13.2. The quantitative estimate of drug-likeness (QED) is 0.404. The van der Waals surface area contributed by atoms with Gasteiger partial charge in [0.05, 0.1) is 18.4 Å². The summed E-state index contributed by atoms with van der Waals surface area (Å²) in [6.07, 6.45) is 1.34. The summed E-state index contributed by atoms with van der Waals surface area (Å²) in [5.41, 5.74) is 0.533. The molecule has 0 fully saturated rings. The second-order valence-electron chi connectivity index (χ2n) is 6.69. The summed E-state index contributed by atoms with van der Waals surface area (Å²) in [6, 6.07) is 17.1. The molecule has 0 saturated heterocycles. The number of carbonyl (C=O) groups excluding carboxylic acids is 2. The van der Waals surface area contributed by atoms with E-state index in [1.807, 2.05) is 0 Å². The number of hydrogen-bond donors (Lipinski definition) is 3. The zero-order valence-electron chi connectivity index (χ0n) is 17.3. The van der Waals surface area contributed by atoms with Crippen LogP contribution >= 0.6 is 23.2 Å². The van der Waals surface area contributed by atoms with Crippen LogP contribution in [0.25, 0.3) is 6.08 Å². The Morgan fingerprint density at radius 2 is 1.58 bits per heavy atom. The van der Waals surface area contributed by atoms with Crippen molar-refractivity contribution >= 4 is 52.7 Å². The molecule has 7 nitrogen and oxygen atoms in total. The van der Waals surface area contributed by atoms with E-state index in [9.17, 15) is 19.5 Å². The van der Waals surface area contributed by atoms with E-state index in [0.29, 0.717) is 11.1 Å². The van der Waals surface area contributed by atoms with Gasteiger partial charge in [-0.1, -0.05) is 47.5 Å². The zero-order chi connectivity index (χ0) is 24.0. The second-order valence-corrected chi connectivity index (χ2v) is 7.50. The standard InChI is InChI=1S/C24H18Cl2N2O5/c1-33-21-11-10-15(24(31)32)12-19(21)27-23(30)20(13-16-17(25)8-5-9-18(16)26)28-22(29)14-6-3-2-4-7-14/h2-13H,1H3,(H,27,30)(H,28,29)(H,31,32)/b20-13-. The van der Waals surface area contributed by atoms with Gasteiger partial charge in [-0.15, -0.1) is 0 Å². The molecule has 0 aromatic heterocycles. The highest BCUT2D eigenvalue weighted by Gasteiger charge is 2.19. The molecular formula is C24H18Cl2N2O5. The van der Waals surface area contributed by atoms with Crippen molar-refractivity contribution < 1.29 is 24.2 Å². The van der Waals surface area contributed by atoms with Crippen LogP contribution < -0.4 is 15.4 Å². The lowest BCUT2D eigenvalue weighted by atomic mass is 10.1. The van der Waals surface area contributed by atoms with Gasteiger partial charge < -0.3 is 20.5 Å². The molecule has 9 heteroatoms. The van der Waals surface area contributed by atoms with E-state index >= 15 is 0 Å². The molecule has 0 unspecified atom stereocenters. The molecule has 0 saturated carbocycles. The zero-order valence-corrected chi connectivity index (χ0v) is 18.8. The summed E-state index contributed by atoms with van der Waals surface area (Å²) in [5, 5.41) is 15.0. The van der Waals surface area contributed by atoms with E-state index in [4.69, 9.17) is 27.9 Å². The van der Waals surface area contributed by atoms with E-state index in [-0.39, 0.29) is 32.7 Å². The van der Waals surface area contributed by atoms with Crippen molar-refractivity contribution in [1.29, 1.82) is 0 Å². The first-order valence-corrected chi connectivity index (χ1v) is 10.3. The van der Waals surface area contributed by atoms with Crippen LogP contribution in [0, 0.1) is 0 Å². The number of carbonyl (C=O) groups is 3. The molecular weight excluding hydrogens is 467 g/mol. The monoisotopic (exact) mass is 484 g/mol. The average molecular weight is 485 g/mol. The van der Waals surface area contributed by atoms with Gasteiger partial charge >= 0.3 is 5.97 Å². The summed E-state index contributed by atoms with van der Waals surface area (Å²) >= 11 is 12.5. The number of hydrogen-bond acceptors (Lipinski definition) is 4. The SMILES string of the molecule is COc1ccc(C(=O)O)cc1NC(=O)/C(=C/c1c(Cl)cccc1Cl)NC(=O)c1ccccc1. The Bertz CT molecular complexity index is 1220. The number of nitrogens with one attached hydrogen (secondary N) is 2. The number of ether oxygens (including phenoxy) is 1. The van der Waals surface area contributed by atoms with Crippen LogP contribution in [-0.4, -0.2) is 30.0 Å². The van der Waals surface area contributed by atoms with Gasteiger partial charge in [-0.05, 0) is 48.5 Å². The van der Waals surface area contributed by atoms with Crippen molar-refractivity contribution in [2.24, 2.45) is 0 Å². The molecule has 3 N–H and O–H groups in total. The molecule has 3 aromatic rings. The molecule has 33 heavy (non-hydrogen) atoms. The number of anilines is 1. The Labute approximate surface area is 199 Å². The summed E-state index contributed by atoms with van der Waals surface area (Å²) in [4.78, 5) is 37.3. The van der Waals surface area contributed by atoms with Gasteiger partial charge in [0.2, 0.25) is 0 Å². The van der Waals surface area contributed by atoms with Crippen molar-refractivity contribution in [3.8, 4) is 5.75 Å². The smallest absolute Gasteiger partial charge is 0.335 e. The number of halogens is 2. The molecule has 0 radical (unpaired) electrons. The van der Waals surface area contributed by atoms with Crippen LogP contribution in [-0.2, 0) is 4.79 Å². The Hall–Kier alpha value is -3.81. The maximum atomic E-state index is 13.2. The third-order valence-electron chi connectivity index (χ3n) is 4.51. The molecule has 0 atom stereocenters. The summed E-state index contributed by atoms with van der Waals surface area (Å²) in [5.74, 6) is -2.22. The predicted molar refractivity (Wildman–Crippen MR) is 127 cm³/mol. The van der Waals surface area contributed by atoms with E-state index in [0.717, 1.165) is 0 Å². The number of carboxylic acid groups (broad SMARTS) is 1.